The monoisotopic (exact) mass is 457 g/mol. The second kappa shape index (κ2) is 10.3. The summed E-state index contributed by atoms with van der Waals surface area (Å²) in [5.74, 6) is -0.507. The van der Waals surface area contributed by atoms with Gasteiger partial charge >= 0.3 is 11.9 Å². The van der Waals surface area contributed by atoms with E-state index < -0.39 is 11.9 Å². The van der Waals surface area contributed by atoms with Crippen LogP contribution in [0.2, 0.25) is 0 Å². The summed E-state index contributed by atoms with van der Waals surface area (Å²) >= 11 is 1.61. The van der Waals surface area contributed by atoms with Gasteiger partial charge in [-0.25, -0.2) is 14.8 Å². The average molecular weight is 458 g/mol. The number of fused-ring (bicyclic) bond motifs is 2. The number of nitrogens with zero attached hydrogens (tertiary/aromatic N) is 4. The summed E-state index contributed by atoms with van der Waals surface area (Å²) < 4.78 is 10.2. The summed E-state index contributed by atoms with van der Waals surface area (Å²) in [6, 6.07) is 6.67. The minimum atomic E-state index is -0.766. The van der Waals surface area contributed by atoms with Gasteiger partial charge in [0.2, 0.25) is 0 Å². The molecule has 0 radical (unpaired) electrons. The Labute approximate surface area is 191 Å². The van der Waals surface area contributed by atoms with E-state index >= 15 is 0 Å². The van der Waals surface area contributed by atoms with Gasteiger partial charge in [-0.2, -0.15) is 0 Å². The van der Waals surface area contributed by atoms with Crippen LogP contribution >= 0.6 is 11.8 Å². The minimum absolute atomic E-state index is 0.210. The van der Waals surface area contributed by atoms with E-state index in [4.69, 9.17) is 9.47 Å². The Balaban J connectivity index is 1.36. The average Bonchev–Trinajstić information content (AvgIpc) is 2.83. The molecule has 32 heavy (non-hydrogen) atoms. The van der Waals surface area contributed by atoms with Crippen molar-refractivity contribution < 1.29 is 19.1 Å². The Morgan fingerprint density at radius 2 is 2.00 bits per heavy atom. The van der Waals surface area contributed by atoms with Crippen molar-refractivity contribution in [2.75, 3.05) is 38.4 Å². The van der Waals surface area contributed by atoms with Crippen LogP contribution in [0, 0.1) is 0 Å². The van der Waals surface area contributed by atoms with Crippen LogP contribution in [0.15, 0.2) is 40.5 Å². The van der Waals surface area contributed by atoms with E-state index in [2.05, 4.69) is 33.5 Å². The Kier molecular flexibility index (Phi) is 7.23. The van der Waals surface area contributed by atoms with Crippen molar-refractivity contribution in [1.29, 1.82) is 0 Å². The van der Waals surface area contributed by atoms with E-state index in [1.807, 2.05) is 4.90 Å². The van der Waals surface area contributed by atoms with Crippen LogP contribution in [-0.2, 0) is 25.6 Å². The number of carbonyl (C=O) groups is 2. The van der Waals surface area contributed by atoms with Crippen LogP contribution in [0.3, 0.4) is 0 Å². The van der Waals surface area contributed by atoms with Crippen LogP contribution in [-0.4, -0.2) is 66.3 Å². The normalized spacial score (nSPS) is 15.8. The first-order valence-electron chi connectivity index (χ1n) is 10.7. The fraction of sp³-hybridized carbons (Fsp3) is 0.455. The highest BCUT2D eigenvalue weighted by Crippen LogP contribution is 2.46. The van der Waals surface area contributed by atoms with E-state index in [0.717, 1.165) is 39.8 Å². The molecule has 4 rings (SSSR count). The Morgan fingerprint density at radius 1 is 1.22 bits per heavy atom. The molecule has 1 fully saturated rings. The molecule has 2 aliphatic heterocycles. The van der Waals surface area contributed by atoms with Crippen molar-refractivity contribution in [3.63, 3.8) is 0 Å². The molecule has 1 N–H and O–H groups in total. The summed E-state index contributed by atoms with van der Waals surface area (Å²) in [4.78, 5) is 37.4. The molecule has 0 aliphatic carbocycles. The van der Waals surface area contributed by atoms with Gasteiger partial charge in [0.25, 0.3) is 0 Å². The number of esters is 1. The molecule has 2 aliphatic rings. The van der Waals surface area contributed by atoms with Gasteiger partial charge in [0.15, 0.2) is 5.82 Å². The highest BCUT2D eigenvalue weighted by atomic mass is 32.2. The third-order valence-electron chi connectivity index (χ3n) is 5.51. The summed E-state index contributed by atoms with van der Waals surface area (Å²) in [6.45, 7) is 4.11. The number of hydrogen-bond donors (Lipinski definition) is 1. The zero-order chi connectivity index (χ0) is 22.5. The number of anilines is 2. The third kappa shape index (κ3) is 4.87. The van der Waals surface area contributed by atoms with Gasteiger partial charge in [0.05, 0.1) is 12.3 Å². The van der Waals surface area contributed by atoms with Crippen molar-refractivity contribution in [2.24, 2.45) is 0 Å². The predicted molar refractivity (Wildman–Crippen MR) is 120 cm³/mol. The standard InChI is InChI=1S/C22H27N5O4S/c1-3-31-22(29)21(28)26-10-6-16(7-11-26)25-13-15-4-5-18-17(12-15)27(14-30-2)19-20(32-18)24-9-8-23-19/h4-5,8-9,12,16,25H,3,6-7,10-11,13-14H2,1-2H3. The van der Waals surface area contributed by atoms with Crippen LogP contribution < -0.4 is 10.2 Å². The predicted octanol–water partition coefficient (Wildman–Crippen LogP) is 2.33. The van der Waals surface area contributed by atoms with Gasteiger partial charge in [0, 0.05) is 50.1 Å². The number of carbonyl (C=O) groups excluding carboxylic acids is 2. The summed E-state index contributed by atoms with van der Waals surface area (Å²) in [5.41, 5.74) is 2.21. The van der Waals surface area contributed by atoms with Crippen molar-refractivity contribution in [3.05, 3.63) is 36.2 Å². The lowest BCUT2D eigenvalue weighted by Crippen LogP contribution is -2.47. The molecule has 0 saturated carbocycles. The lowest BCUT2D eigenvalue weighted by atomic mass is 10.0. The van der Waals surface area contributed by atoms with Gasteiger partial charge in [0.1, 0.15) is 11.8 Å². The highest BCUT2D eigenvalue weighted by molar-refractivity contribution is 7.99. The van der Waals surface area contributed by atoms with Gasteiger partial charge in [-0.1, -0.05) is 17.8 Å². The molecule has 1 aromatic carbocycles. The lowest BCUT2D eigenvalue weighted by Gasteiger charge is -2.32. The van der Waals surface area contributed by atoms with Crippen molar-refractivity contribution in [2.45, 2.75) is 42.3 Å². The summed E-state index contributed by atoms with van der Waals surface area (Å²) in [5, 5.41) is 4.45. The maximum atomic E-state index is 12.1. The summed E-state index contributed by atoms with van der Waals surface area (Å²) in [7, 11) is 1.67. The fourth-order valence-electron chi connectivity index (χ4n) is 3.89. The van der Waals surface area contributed by atoms with E-state index in [9.17, 15) is 9.59 Å². The molecule has 0 unspecified atom stereocenters. The van der Waals surface area contributed by atoms with Crippen molar-refractivity contribution >= 4 is 35.1 Å². The maximum absolute atomic E-state index is 12.1. The van der Waals surface area contributed by atoms with E-state index in [-0.39, 0.29) is 12.6 Å². The van der Waals surface area contributed by atoms with E-state index in [0.29, 0.717) is 26.4 Å². The number of benzene rings is 1. The zero-order valence-electron chi connectivity index (χ0n) is 18.2. The number of nitrogens with one attached hydrogen (secondary N) is 1. The van der Waals surface area contributed by atoms with Gasteiger partial charge in [-0.15, -0.1) is 0 Å². The minimum Gasteiger partial charge on any atom is -0.459 e. The maximum Gasteiger partial charge on any atom is 0.397 e. The molecule has 9 nitrogen and oxygen atoms in total. The first kappa shape index (κ1) is 22.5. The second-order valence-corrected chi connectivity index (χ2v) is 8.63. The van der Waals surface area contributed by atoms with Crippen LogP contribution in [0.25, 0.3) is 0 Å². The van der Waals surface area contributed by atoms with Crippen LogP contribution in [0.5, 0.6) is 0 Å². The van der Waals surface area contributed by atoms with E-state index in [1.54, 1.807) is 43.1 Å². The first-order chi connectivity index (χ1) is 15.6. The quantitative estimate of drug-likeness (QED) is 0.518. The Bertz CT molecular complexity index is 981. The molecule has 3 heterocycles. The molecule has 0 bridgehead atoms. The van der Waals surface area contributed by atoms with Crippen LogP contribution in [0.4, 0.5) is 11.5 Å². The van der Waals surface area contributed by atoms with Gasteiger partial charge < -0.3 is 19.7 Å². The molecule has 1 amide bonds. The molecular formula is C22H27N5O4S. The topological polar surface area (TPSA) is 96.9 Å². The number of methoxy groups -OCH3 is 1. The number of hydrogen-bond acceptors (Lipinski definition) is 9. The number of likely N-dealkylation sites (tertiary alicyclic amines) is 1. The molecule has 1 saturated heterocycles. The summed E-state index contributed by atoms with van der Waals surface area (Å²) in [6.07, 6.45) is 4.98. The van der Waals surface area contributed by atoms with E-state index in [1.165, 1.54) is 0 Å². The molecule has 10 heteroatoms. The fourth-order valence-corrected chi connectivity index (χ4v) is 4.88. The lowest BCUT2D eigenvalue weighted by molar-refractivity contribution is -0.160. The van der Waals surface area contributed by atoms with Gasteiger partial charge in [-0.05, 0) is 37.5 Å². The number of aromatic nitrogens is 2. The number of amides is 1. The number of rotatable bonds is 6. The molecule has 1 aromatic heterocycles. The van der Waals surface area contributed by atoms with Crippen molar-refractivity contribution in [1.82, 2.24) is 20.2 Å². The molecule has 2 aromatic rings. The largest absolute Gasteiger partial charge is 0.459 e. The molecular weight excluding hydrogens is 430 g/mol. The highest BCUT2D eigenvalue weighted by Gasteiger charge is 2.28. The van der Waals surface area contributed by atoms with Crippen molar-refractivity contribution in [3.8, 4) is 0 Å². The number of piperidine rings is 1. The second-order valence-electron chi connectivity index (χ2n) is 7.60. The SMILES string of the molecule is CCOC(=O)C(=O)N1CCC(NCc2ccc3c(c2)N(COC)c2nccnc2S3)CC1. The number of ether oxygens (including phenoxy) is 2. The molecule has 0 spiro atoms. The smallest absolute Gasteiger partial charge is 0.397 e. The molecule has 170 valence electrons. The van der Waals surface area contributed by atoms with Crippen LogP contribution in [0.1, 0.15) is 25.3 Å². The molecule has 0 atom stereocenters. The Hall–Kier alpha value is -2.69. The van der Waals surface area contributed by atoms with Gasteiger partial charge in [-0.3, -0.25) is 9.69 Å². The third-order valence-corrected chi connectivity index (χ3v) is 6.55. The zero-order valence-corrected chi connectivity index (χ0v) is 19.1. The Morgan fingerprint density at radius 3 is 2.75 bits per heavy atom. The first-order valence-corrected chi connectivity index (χ1v) is 11.5.